The highest BCUT2D eigenvalue weighted by Crippen LogP contribution is 2.22. The van der Waals surface area contributed by atoms with Crippen molar-refractivity contribution in [1.82, 2.24) is 14.7 Å². The molecule has 4 rings (SSSR count). The third-order valence-electron chi connectivity index (χ3n) is 5.61. The molecular formula is C23H23N3O4. The summed E-state index contributed by atoms with van der Waals surface area (Å²) in [5.41, 5.74) is 2.46. The van der Waals surface area contributed by atoms with Crippen molar-refractivity contribution in [2.45, 2.75) is 13.3 Å². The first-order valence-corrected chi connectivity index (χ1v) is 10.0. The van der Waals surface area contributed by atoms with Crippen LogP contribution in [-0.2, 0) is 4.79 Å². The molecule has 0 bridgehead atoms. The van der Waals surface area contributed by atoms with E-state index in [4.69, 9.17) is 0 Å². The van der Waals surface area contributed by atoms with E-state index in [9.17, 15) is 19.2 Å². The lowest BCUT2D eigenvalue weighted by Gasteiger charge is -2.35. The molecule has 0 unspecified atom stereocenters. The van der Waals surface area contributed by atoms with Crippen LogP contribution in [0.5, 0.6) is 0 Å². The number of carbonyl (C=O) groups is 4. The van der Waals surface area contributed by atoms with E-state index < -0.39 is 0 Å². The van der Waals surface area contributed by atoms with Crippen molar-refractivity contribution in [3.8, 4) is 0 Å². The van der Waals surface area contributed by atoms with Crippen molar-refractivity contribution in [3.05, 3.63) is 70.8 Å². The van der Waals surface area contributed by atoms with Crippen molar-refractivity contribution >= 4 is 23.6 Å². The summed E-state index contributed by atoms with van der Waals surface area (Å²) in [6.45, 7) is 3.82. The lowest BCUT2D eigenvalue weighted by atomic mass is 10.1. The fourth-order valence-electron chi connectivity index (χ4n) is 3.93. The lowest BCUT2D eigenvalue weighted by Crippen LogP contribution is -2.51. The molecule has 0 aromatic heterocycles. The zero-order valence-electron chi connectivity index (χ0n) is 16.8. The highest BCUT2D eigenvalue weighted by molar-refractivity contribution is 6.21. The van der Waals surface area contributed by atoms with Crippen LogP contribution >= 0.6 is 0 Å². The van der Waals surface area contributed by atoms with Crippen molar-refractivity contribution in [2.24, 2.45) is 0 Å². The van der Waals surface area contributed by atoms with Gasteiger partial charge < -0.3 is 9.80 Å². The number of nitrogens with zero attached hydrogens (tertiary/aromatic N) is 3. The Morgan fingerprint density at radius 1 is 0.833 bits per heavy atom. The molecule has 154 valence electrons. The van der Waals surface area contributed by atoms with Crippen LogP contribution in [0.1, 0.15) is 43.1 Å². The number of rotatable bonds is 4. The maximum atomic E-state index is 12.6. The maximum absolute atomic E-state index is 12.6. The van der Waals surface area contributed by atoms with Gasteiger partial charge >= 0.3 is 0 Å². The minimum Gasteiger partial charge on any atom is -0.339 e. The monoisotopic (exact) mass is 405 g/mol. The highest BCUT2D eigenvalue weighted by atomic mass is 16.2. The normalized spacial score (nSPS) is 16.1. The Balaban J connectivity index is 1.30. The standard InChI is InChI=1S/C23H23N3O4/c1-16-5-4-6-17(15-16)21(28)25-13-11-24(12-14-25)20(27)9-10-26-22(29)18-7-2-3-8-19(18)23(26)30/h2-8,15H,9-14H2,1H3. The predicted molar refractivity (Wildman–Crippen MR) is 110 cm³/mol. The summed E-state index contributed by atoms with van der Waals surface area (Å²) in [6, 6.07) is 14.2. The first-order chi connectivity index (χ1) is 14.5. The quantitative estimate of drug-likeness (QED) is 0.729. The lowest BCUT2D eigenvalue weighted by molar-refractivity contribution is -0.132. The summed E-state index contributed by atoms with van der Waals surface area (Å²) >= 11 is 0. The van der Waals surface area contributed by atoms with Crippen molar-refractivity contribution < 1.29 is 19.2 Å². The van der Waals surface area contributed by atoms with Gasteiger partial charge in [0.1, 0.15) is 0 Å². The van der Waals surface area contributed by atoms with Gasteiger partial charge in [0.15, 0.2) is 0 Å². The molecule has 0 saturated carbocycles. The molecule has 0 N–H and O–H groups in total. The molecule has 2 heterocycles. The third-order valence-corrected chi connectivity index (χ3v) is 5.61. The van der Waals surface area contributed by atoms with Crippen molar-refractivity contribution in [2.75, 3.05) is 32.7 Å². The molecule has 2 aliphatic rings. The number of hydrogen-bond donors (Lipinski definition) is 0. The van der Waals surface area contributed by atoms with Crippen LogP contribution in [0.2, 0.25) is 0 Å². The molecule has 4 amide bonds. The van der Waals surface area contributed by atoms with Gasteiger partial charge in [0.2, 0.25) is 5.91 Å². The number of benzene rings is 2. The Hall–Kier alpha value is -3.48. The van der Waals surface area contributed by atoms with Crippen molar-refractivity contribution in [3.63, 3.8) is 0 Å². The summed E-state index contributed by atoms with van der Waals surface area (Å²) < 4.78 is 0. The van der Waals surface area contributed by atoms with Crippen LogP contribution in [0, 0.1) is 6.92 Å². The van der Waals surface area contributed by atoms with Crippen molar-refractivity contribution in [1.29, 1.82) is 0 Å². The summed E-state index contributed by atoms with van der Waals surface area (Å²) in [5.74, 6) is -0.847. The number of aryl methyl sites for hydroxylation is 1. The van der Waals surface area contributed by atoms with Crippen LogP contribution in [0.25, 0.3) is 0 Å². The molecule has 1 fully saturated rings. The van der Waals surface area contributed by atoms with Gasteiger partial charge in [0.25, 0.3) is 17.7 Å². The van der Waals surface area contributed by atoms with E-state index in [-0.39, 0.29) is 36.6 Å². The van der Waals surface area contributed by atoms with E-state index in [0.717, 1.165) is 10.5 Å². The van der Waals surface area contributed by atoms with Gasteiger partial charge in [-0.05, 0) is 31.2 Å². The average molecular weight is 405 g/mol. The van der Waals surface area contributed by atoms with E-state index in [1.54, 1.807) is 40.1 Å². The summed E-state index contributed by atoms with van der Waals surface area (Å²) in [4.78, 5) is 54.7. The first-order valence-electron chi connectivity index (χ1n) is 10.0. The SMILES string of the molecule is Cc1cccc(C(=O)N2CCN(C(=O)CCN3C(=O)c4ccccc4C3=O)CC2)c1. The smallest absolute Gasteiger partial charge is 0.261 e. The van der Waals surface area contributed by atoms with Crippen LogP contribution in [0.3, 0.4) is 0 Å². The number of piperazine rings is 1. The molecule has 2 aliphatic heterocycles. The summed E-state index contributed by atoms with van der Waals surface area (Å²) in [7, 11) is 0. The van der Waals surface area contributed by atoms with Gasteiger partial charge in [0, 0.05) is 44.7 Å². The number of hydrogen-bond acceptors (Lipinski definition) is 4. The third kappa shape index (κ3) is 3.70. The largest absolute Gasteiger partial charge is 0.339 e. The number of fused-ring (bicyclic) bond motifs is 1. The second-order valence-electron chi connectivity index (χ2n) is 7.60. The highest BCUT2D eigenvalue weighted by Gasteiger charge is 2.35. The molecule has 30 heavy (non-hydrogen) atoms. The molecule has 1 saturated heterocycles. The first kappa shape index (κ1) is 19.8. The molecule has 0 atom stereocenters. The fraction of sp³-hybridized carbons (Fsp3) is 0.304. The number of imide groups is 1. The van der Waals surface area contributed by atoms with Gasteiger partial charge in [0.05, 0.1) is 11.1 Å². The Labute approximate surface area is 174 Å². The van der Waals surface area contributed by atoms with Crippen LogP contribution in [0.15, 0.2) is 48.5 Å². The molecule has 0 spiro atoms. The Morgan fingerprint density at radius 2 is 1.43 bits per heavy atom. The number of carbonyl (C=O) groups excluding carboxylic acids is 4. The van der Waals surface area contributed by atoms with Crippen LogP contribution < -0.4 is 0 Å². The Kier molecular flexibility index (Phi) is 5.35. The summed E-state index contributed by atoms with van der Waals surface area (Å²) in [6.07, 6.45) is 0.0806. The van der Waals surface area contributed by atoms with Gasteiger partial charge in [-0.3, -0.25) is 24.1 Å². The second kappa shape index (κ2) is 8.10. The fourth-order valence-corrected chi connectivity index (χ4v) is 3.93. The minimum absolute atomic E-state index is 0.0307. The van der Waals surface area contributed by atoms with Gasteiger partial charge in [-0.15, -0.1) is 0 Å². The Morgan fingerprint density at radius 3 is 2.03 bits per heavy atom. The molecule has 0 aliphatic carbocycles. The molecule has 2 aromatic carbocycles. The zero-order valence-corrected chi connectivity index (χ0v) is 16.8. The molecular weight excluding hydrogens is 382 g/mol. The van der Waals surface area contributed by atoms with E-state index in [1.165, 1.54) is 0 Å². The molecule has 7 heteroatoms. The zero-order chi connectivity index (χ0) is 21.3. The van der Waals surface area contributed by atoms with Gasteiger partial charge in [-0.1, -0.05) is 29.8 Å². The molecule has 2 aromatic rings. The predicted octanol–water partition coefficient (Wildman–Crippen LogP) is 1.97. The van der Waals surface area contributed by atoms with E-state index in [0.29, 0.717) is 42.9 Å². The summed E-state index contributed by atoms with van der Waals surface area (Å²) in [5, 5.41) is 0. The topological polar surface area (TPSA) is 78.0 Å². The second-order valence-corrected chi connectivity index (χ2v) is 7.60. The van der Waals surface area contributed by atoms with E-state index in [2.05, 4.69) is 0 Å². The van der Waals surface area contributed by atoms with Gasteiger partial charge in [-0.2, -0.15) is 0 Å². The number of amides is 4. The average Bonchev–Trinajstić information content (AvgIpc) is 3.01. The van der Waals surface area contributed by atoms with Crippen LogP contribution in [-0.4, -0.2) is 71.1 Å². The van der Waals surface area contributed by atoms with E-state index >= 15 is 0 Å². The van der Waals surface area contributed by atoms with E-state index in [1.807, 2.05) is 25.1 Å². The molecule has 7 nitrogen and oxygen atoms in total. The Bertz CT molecular complexity index is 990. The minimum atomic E-state index is -0.350. The van der Waals surface area contributed by atoms with Crippen LogP contribution in [0.4, 0.5) is 0 Å². The molecule has 0 radical (unpaired) electrons. The maximum Gasteiger partial charge on any atom is 0.261 e. The van der Waals surface area contributed by atoms with Gasteiger partial charge in [-0.25, -0.2) is 0 Å².